The number of ketones is 1. The summed E-state index contributed by atoms with van der Waals surface area (Å²) in [6, 6.07) is 0. The SMILES string of the molecule is C/C=C/C(CC)CC(=O)C(C)C. The van der Waals surface area contributed by atoms with Crippen LogP contribution in [0.4, 0.5) is 0 Å². The van der Waals surface area contributed by atoms with Crippen molar-refractivity contribution in [2.75, 3.05) is 0 Å². The third-order valence-electron chi connectivity index (χ3n) is 2.10. The fourth-order valence-electron chi connectivity index (χ4n) is 1.11. The van der Waals surface area contributed by atoms with E-state index in [2.05, 4.69) is 13.0 Å². The van der Waals surface area contributed by atoms with E-state index in [1.807, 2.05) is 26.8 Å². The molecule has 0 aliphatic heterocycles. The van der Waals surface area contributed by atoms with E-state index in [9.17, 15) is 4.79 Å². The lowest BCUT2D eigenvalue weighted by Gasteiger charge is -2.10. The van der Waals surface area contributed by atoms with E-state index >= 15 is 0 Å². The molecule has 70 valence electrons. The molecule has 0 saturated heterocycles. The van der Waals surface area contributed by atoms with Gasteiger partial charge in [0.05, 0.1) is 0 Å². The monoisotopic (exact) mass is 168 g/mol. The van der Waals surface area contributed by atoms with Crippen LogP contribution >= 0.6 is 0 Å². The Bertz CT molecular complexity index is 156. The molecule has 0 aliphatic rings. The Morgan fingerprint density at radius 2 is 2.00 bits per heavy atom. The van der Waals surface area contributed by atoms with Crippen molar-refractivity contribution in [1.82, 2.24) is 0 Å². The molecule has 1 atom stereocenters. The summed E-state index contributed by atoms with van der Waals surface area (Å²) in [5.74, 6) is 1.01. The predicted molar refractivity (Wildman–Crippen MR) is 53.1 cm³/mol. The van der Waals surface area contributed by atoms with Gasteiger partial charge in [-0.25, -0.2) is 0 Å². The zero-order valence-corrected chi connectivity index (χ0v) is 8.63. The summed E-state index contributed by atoms with van der Waals surface area (Å²) in [5.41, 5.74) is 0. The molecule has 0 heterocycles. The van der Waals surface area contributed by atoms with Crippen LogP contribution in [0.5, 0.6) is 0 Å². The van der Waals surface area contributed by atoms with Crippen LogP contribution in [-0.4, -0.2) is 5.78 Å². The number of hydrogen-bond acceptors (Lipinski definition) is 1. The minimum Gasteiger partial charge on any atom is -0.299 e. The number of rotatable bonds is 5. The summed E-state index contributed by atoms with van der Waals surface area (Å²) >= 11 is 0. The third-order valence-corrected chi connectivity index (χ3v) is 2.10. The molecular formula is C11H20O. The Kier molecular flexibility index (Phi) is 5.69. The zero-order valence-electron chi connectivity index (χ0n) is 8.63. The van der Waals surface area contributed by atoms with Gasteiger partial charge in [-0.3, -0.25) is 4.79 Å². The normalized spacial score (nSPS) is 14.1. The van der Waals surface area contributed by atoms with Crippen LogP contribution < -0.4 is 0 Å². The first kappa shape index (κ1) is 11.4. The second-order valence-electron chi connectivity index (χ2n) is 3.52. The van der Waals surface area contributed by atoms with Gasteiger partial charge in [0.15, 0.2) is 0 Å². The number of carbonyl (C=O) groups excluding carboxylic acids is 1. The molecule has 0 bridgehead atoms. The van der Waals surface area contributed by atoms with E-state index in [0.29, 0.717) is 18.1 Å². The first-order valence-corrected chi connectivity index (χ1v) is 4.77. The second-order valence-corrected chi connectivity index (χ2v) is 3.52. The van der Waals surface area contributed by atoms with Gasteiger partial charge in [-0.2, -0.15) is 0 Å². The summed E-state index contributed by atoms with van der Waals surface area (Å²) in [4.78, 5) is 11.4. The average Bonchev–Trinajstić information content (AvgIpc) is 2.03. The summed E-state index contributed by atoms with van der Waals surface area (Å²) in [6.45, 7) is 8.05. The lowest BCUT2D eigenvalue weighted by Crippen LogP contribution is -2.11. The van der Waals surface area contributed by atoms with E-state index < -0.39 is 0 Å². The molecule has 0 aliphatic carbocycles. The molecule has 0 amide bonds. The number of carbonyl (C=O) groups is 1. The van der Waals surface area contributed by atoms with Gasteiger partial charge < -0.3 is 0 Å². The van der Waals surface area contributed by atoms with Gasteiger partial charge in [0.1, 0.15) is 5.78 Å². The highest BCUT2D eigenvalue weighted by Crippen LogP contribution is 2.13. The number of Topliss-reactive ketones (excluding diaryl/α,β-unsaturated/α-hetero) is 1. The highest BCUT2D eigenvalue weighted by atomic mass is 16.1. The van der Waals surface area contributed by atoms with Crippen molar-refractivity contribution >= 4 is 5.78 Å². The van der Waals surface area contributed by atoms with Crippen LogP contribution in [0.1, 0.15) is 40.5 Å². The van der Waals surface area contributed by atoms with E-state index in [1.54, 1.807) is 0 Å². The Labute approximate surface area is 75.9 Å². The lowest BCUT2D eigenvalue weighted by molar-refractivity contribution is -0.122. The molecule has 0 fully saturated rings. The van der Waals surface area contributed by atoms with E-state index in [-0.39, 0.29) is 5.92 Å². The van der Waals surface area contributed by atoms with Gasteiger partial charge in [-0.05, 0) is 19.3 Å². The Morgan fingerprint density at radius 1 is 1.42 bits per heavy atom. The van der Waals surface area contributed by atoms with Crippen LogP contribution in [0.2, 0.25) is 0 Å². The van der Waals surface area contributed by atoms with Crippen molar-refractivity contribution in [3.63, 3.8) is 0 Å². The van der Waals surface area contributed by atoms with Crippen molar-refractivity contribution < 1.29 is 4.79 Å². The fraction of sp³-hybridized carbons (Fsp3) is 0.727. The molecule has 0 radical (unpaired) electrons. The molecule has 1 heteroatoms. The van der Waals surface area contributed by atoms with Crippen LogP contribution in [-0.2, 0) is 4.79 Å². The highest BCUT2D eigenvalue weighted by Gasteiger charge is 2.11. The molecule has 1 nitrogen and oxygen atoms in total. The van der Waals surface area contributed by atoms with E-state index in [0.717, 1.165) is 6.42 Å². The molecular weight excluding hydrogens is 148 g/mol. The first-order chi connectivity index (χ1) is 5.61. The quantitative estimate of drug-likeness (QED) is 0.576. The topological polar surface area (TPSA) is 17.1 Å². The predicted octanol–water partition coefficient (Wildman–Crippen LogP) is 3.20. The molecule has 0 aromatic rings. The Balaban J connectivity index is 3.94. The highest BCUT2D eigenvalue weighted by molar-refractivity contribution is 5.80. The summed E-state index contributed by atoms with van der Waals surface area (Å²) in [7, 11) is 0. The Hall–Kier alpha value is -0.590. The van der Waals surface area contributed by atoms with E-state index in [4.69, 9.17) is 0 Å². The van der Waals surface area contributed by atoms with Gasteiger partial charge in [0, 0.05) is 12.3 Å². The first-order valence-electron chi connectivity index (χ1n) is 4.77. The molecule has 0 saturated carbocycles. The fourth-order valence-corrected chi connectivity index (χ4v) is 1.11. The van der Waals surface area contributed by atoms with Gasteiger partial charge in [0.25, 0.3) is 0 Å². The maximum atomic E-state index is 11.4. The molecule has 0 N–H and O–H groups in total. The second kappa shape index (κ2) is 5.99. The van der Waals surface area contributed by atoms with Gasteiger partial charge in [0.2, 0.25) is 0 Å². The minimum atomic E-state index is 0.185. The smallest absolute Gasteiger partial charge is 0.136 e. The molecule has 0 aromatic carbocycles. The van der Waals surface area contributed by atoms with E-state index in [1.165, 1.54) is 0 Å². The van der Waals surface area contributed by atoms with Crippen molar-refractivity contribution in [3.8, 4) is 0 Å². The third kappa shape index (κ3) is 4.32. The maximum absolute atomic E-state index is 11.4. The van der Waals surface area contributed by atoms with Crippen molar-refractivity contribution in [2.45, 2.75) is 40.5 Å². The summed E-state index contributed by atoms with van der Waals surface area (Å²) in [6.07, 6.45) is 5.92. The van der Waals surface area contributed by atoms with Crippen molar-refractivity contribution in [1.29, 1.82) is 0 Å². The van der Waals surface area contributed by atoms with Crippen LogP contribution in [0.25, 0.3) is 0 Å². The van der Waals surface area contributed by atoms with Gasteiger partial charge in [-0.15, -0.1) is 0 Å². The largest absolute Gasteiger partial charge is 0.299 e. The molecule has 1 unspecified atom stereocenters. The zero-order chi connectivity index (χ0) is 9.56. The molecule has 0 spiro atoms. The van der Waals surface area contributed by atoms with Crippen molar-refractivity contribution in [2.24, 2.45) is 11.8 Å². The van der Waals surface area contributed by atoms with Crippen molar-refractivity contribution in [3.05, 3.63) is 12.2 Å². The van der Waals surface area contributed by atoms with Gasteiger partial charge in [-0.1, -0.05) is 32.9 Å². The van der Waals surface area contributed by atoms with Crippen LogP contribution in [0, 0.1) is 11.8 Å². The van der Waals surface area contributed by atoms with Gasteiger partial charge >= 0.3 is 0 Å². The average molecular weight is 168 g/mol. The standard InChI is InChI=1S/C11H20O/c1-5-7-10(6-2)8-11(12)9(3)4/h5,7,9-10H,6,8H2,1-4H3/b7-5+. The minimum absolute atomic E-state index is 0.185. The number of hydrogen-bond donors (Lipinski definition) is 0. The molecule has 0 rings (SSSR count). The lowest BCUT2D eigenvalue weighted by atomic mass is 9.94. The summed E-state index contributed by atoms with van der Waals surface area (Å²) < 4.78 is 0. The van der Waals surface area contributed by atoms with Crippen LogP contribution in [0.15, 0.2) is 12.2 Å². The maximum Gasteiger partial charge on any atom is 0.136 e. The van der Waals surface area contributed by atoms with Crippen LogP contribution in [0.3, 0.4) is 0 Å². The Morgan fingerprint density at radius 3 is 2.33 bits per heavy atom. The summed E-state index contributed by atoms with van der Waals surface area (Å²) in [5, 5.41) is 0. The molecule has 0 aromatic heterocycles. The number of allylic oxidation sites excluding steroid dienone is 2. The molecule has 12 heavy (non-hydrogen) atoms.